The number of imidazole rings is 1. The van der Waals surface area contributed by atoms with Crippen LogP contribution in [0.2, 0.25) is 0 Å². The third-order valence-electron chi connectivity index (χ3n) is 23.6. The Labute approximate surface area is 775 Å². The molecular weight excluding hydrogens is 1730 g/mol. The van der Waals surface area contributed by atoms with Crippen molar-refractivity contribution in [1.29, 1.82) is 5.26 Å². The lowest BCUT2D eigenvalue weighted by atomic mass is 9.80. The lowest BCUT2D eigenvalue weighted by Gasteiger charge is -2.39. The number of fused-ring (bicyclic) bond motifs is 7. The van der Waals surface area contributed by atoms with Crippen molar-refractivity contribution in [2.45, 2.75) is 159 Å². The Morgan fingerprint density at radius 1 is 0.627 bits per heavy atom. The van der Waals surface area contributed by atoms with Crippen LogP contribution in [0.4, 0.5) is 21.4 Å². The summed E-state index contributed by atoms with van der Waals surface area (Å²) in [7, 11) is 3.07. The van der Waals surface area contributed by atoms with Crippen LogP contribution in [0.3, 0.4) is 0 Å². The Morgan fingerprint density at radius 3 is 1.75 bits per heavy atom. The second kappa shape index (κ2) is 45.2. The molecule has 134 heavy (non-hydrogen) atoms. The zero-order valence-electron chi connectivity index (χ0n) is 75.6. The number of benzene rings is 8. The summed E-state index contributed by atoms with van der Waals surface area (Å²) in [6.45, 7) is 10.1. The van der Waals surface area contributed by atoms with Gasteiger partial charge in [0.2, 0.25) is 17.8 Å². The molecule has 7 atom stereocenters. The van der Waals surface area contributed by atoms with E-state index in [4.69, 9.17) is 46.9 Å². The highest BCUT2D eigenvalue weighted by molar-refractivity contribution is 7.44. The van der Waals surface area contributed by atoms with Crippen molar-refractivity contribution in [3.8, 4) is 39.8 Å². The highest BCUT2D eigenvalue weighted by atomic mass is 31.2. The van der Waals surface area contributed by atoms with E-state index < -0.39 is 98.8 Å². The number of carbonyl (C=O) groups is 7. The van der Waals surface area contributed by atoms with Gasteiger partial charge in [0.05, 0.1) is 65.4 Å². The monoisotopic (exact) mass is 1840 g/mol. The third kappa shape index (κ3) is 23.1. The number of ketones is 1. The standard InChI is InChI=1S/C66H70N9O11P.C34H38N4O9/c1-42(2)75(43(3)4)87(84-36-14-34-67)86-56-37-59(85-57(56)40-83-66(46-15-8-7-9-16-46,47-25-29-49(80-5)30-26-47)48-27-31-50(81-6)32-28-48)74-41-70-60-61(74)72-64(73-63(60)78)71-58(76)33-35-68-62(77)45-23-21-44(22-24-45)38-69-65(79)82-39-55-53-19-12-10-17-51(53)52-18-11-13-20-54(52)55;1-21(40)13-14-32(42)47-27-18-31(46-28(27)19-39)38-17-15-29(36-33(38)43)35-30(41)12-7-16-37(2)34(44)45-20-26-24-10-5-3-8-22(24)23-9-4-6-11-25(23)26/h7-13,15-32,41-43,55-57,59H,14,33,35-40H2,1-6H3,(H,68,77)(H,69,79)(H2,71,72,73,76,78);3-6,8-11,15,17,26-28,31,39H,7,12-14,16,18-20H2,1-2H3,(H,35,36,41,43)/t56?,57-,59-,87?;27?,28-,31-/m11/s1. The van der Waals surface area contributed by atoms with Gasteiger partial charge in [-0.2, -0.15) is 15.2 Å². The molecule has 0 spiro atoms. The predicted octanol–water partition coefficient (Wildman–Crippen LogP) is 14.3. The summed E-state index contributed by atoms with van der Waals surface area (Å²) in [4.78, 5) is 131. The Kier molecular flexibility index (Phi) is 32.5. The molecule has 15 rings (SSSR count). The van der Waals surface area contributed by atoms with Crippen LogP contribution in [0, 0.1) is 11.3 Å². The summed E-state index contributed by atoms with van der Waals surface area (Å²) in [5.74, 6) is -0.923. The van der Waals surface area contributed by atoms with E-state index >= 15 is 0 Å². The van der Waals surface area contributed by atoms with Crippen molar-refractivity contribution in [3.05, 3.63) is 290 Å². The number of alkyl carbamates (subject to hydrolysis) is 1. The highest BCUT2D eigenvalue weighted by Crippen LogP contribution is 2.52. The van der Waals surface area contributed by atoms with Crippen LogP contribution in [-0.4, -0.2) is 189 Å². The number of anilines is 2. The molecule has 5 amide bonds. The molecule has 33 nitrogen and oxygen atoms in total. The van der Waals surface area contributed by atoms with Gasteiger partial charge in [0, 0.05) is 94.5 Å². The Bertz CT molecular complexity index is 5990. The van der Waals surface area contributed by atoms with Gasteiger partial charge < -0.3 is 77.7 Å². The highest BCUT2D eigenvalue weighted by Gasteiger charge is 2.47. The van der Waals surface area contributed by atoms with E-state index in [9.17, 15) is 53.5 Å². The number of H-pyrrole nitrogens is 1. The summed E-state index contributed by atoms with van der Waals surface area (Å²) in [5, 5.41) is 30.0. The van der Waals surface area contributed by atoms with Crippen LogP contribution in [-0.2, 0) is 68.8 Å². The molecule has 0 bridgehead atoms. The molecule has 8 aromatic carbocycles. The number of nitrogens with zero attached hydrogens (tertiary/aromatic N) is 8. The van der Waals surface area contributed by atoms with E-state index in [0.717, 1.165) is 66.8 Å². The van der Waals surface area contributed by atoms with E-state index in [-0.39, 0.29) is 150 Å². The van der Waals surface area contributed by atoms with Crippen LogP contribution in [0.5, 0.6) is 11.5 Å². The molecule has 4 aliphatic rings. The van der Waals surface area contributed by atoms with Crippen molar-refractivity contribution in [3.63, 3.8) is 0 Å². The number of hydrogen-bond donors (Lipinski definition) is 6. The van der Waals surface area contributed by atoms with E-state index in [1.807, 2.05) is 127 Å². The number of ether oxygens (including phenoxy) is 8. The SMILES string of the molecule is CC(=O)CCC(=O)OC1C[C@H](n2ccc(NC(=O)CCCN(C)C(=O)OCC3c4ccccc4-c4ccccc43)nc2=O)O[C@@H]1CO.COc1ccc(C(OC[C@H]2O[C@@H](n3cnc4c(=O)[nH]c(NC(=O)CCNC(=O)c5ccc(CNC(=O)OCC6c7ccccc7-c7ccccc76)cc5)nc43)CC2OP(OCCC#N)N(C(C)C)C(C)C)(c2ccccc2)c2ccc(OC)cc2)cc1. The van der Waals surface area contributed by atoms with Gasteiger partial charge in [-0.1, -0.05) is 164 Å². The molecule has 5 heterocycles. The number of carbonyl (C=O) groups excluding carboxylic acids is 7. The number of rotatable bonds is 39. The maximum Gasteiger partial charge on any atom is 0.409 e. The molecule has 0 radical (unpaired) electrons. The quantitative estimate of drug-likeness (QED) is 0.00685. The van der Waals surface area contributed by atoms with Gasteiger partial charge in [0.25, 0.3) is 20.0 Å². The summed E-state index contributed by atoms with van der Waals surface area (Å²) in [6, 6.07) is 68.1. The maximum atomic E-state index is 13.7. The van der Waals surface area contributed by atoms with Gasteiger partial charge in [0.15, 0.2) is 11.2 Å². The van der Waals surface area contributed by atoms with Crippen LogP contribution in [0.1, 0.15) is 165 Å². The van der Waals surface area contributed by atoms with Gasteiger partial charge in [0.1, 0.15) is 72.7 Å². The molecule has 11 aromatic rings. The van der Waals surface area contributed by atoms with Gasteiger partial charge in [-0.15, -0.1) is 0 Å². The number of aromatic amines is 1. The Balaban J connectivity index is 0.000000258. The molecule has 3 unspecified atom stereocenters. The smallest absolute Gasteiger partial charge is 0.409 e. The number of aliphatic hydroxyl groups excluding tert-OH is 1. The average Bonchev–Trinajstić information content (AvgIpc) is 1.07. The number of nitriles is 1. The summed E-state index contributed by atoms with van der Waals surface area (Å²) < 4.78 is 66.4. The third-order valence-corrected chi connectivity index (χ3v) is 25.8. The first-order valence-corrected chi connectivity index (χ1v) is 45.6. The molecule has 6 N–H and O–H groups in total. The number of Topliss-reactive ketones (excluding diaryl/α,β-unsaturated/α-hetero) is 1. The first kappa shape index (κ1) is 96.4. The topological polar surface area (TPSA) is 409 Å². The molecule has 2 fully saturated rings. The fourth-order valence-electron chi connectivity index (χ4n) is 17.0. The van der Waals surface area contributed by atoms with Crippen molar-refractivity contribution in [1.82, 2.24) is 49.3 Å². The number of esters is 1. The number of aliphatic hydroxyl groups is 1. The fraction of sp³-hybridized carbons (Fsp3) is 0.350. The molecule has 2 saturated heterocycles. The normalized spacial score (nSPS) is 16.7. The van der Waals surface area contributed by atoms with Gasteiger partial charge in [-0.05, 0) is 150 Å². The van der Waals surface area contributed by atoms with Crippen molar-refractivity contribution >= 4 is 73.1 Å². The lowest BCUT2D eigenvalue weighted by Crippen LogP contribution is -2.39. The van der Waals surface area contributed by atoms with Gasteiger partial charge >= 0.3 is 23.8 Å². The molecule has 3 aromatic heterocycles. The minimum Gasteiger partial charge on any atom is -0.497 e. The van der Waals surface area contributed by atoms with Gasteiger partial charge in [-0.3, -0.25) is 43.4 Å². The largest absolute Gasteiger partial charge is 0.497 e. The zero-order chi connectivity index (χ0) is 94.5. The summed E-state index contributed by atoms with van der Waals surface area (Å²) in [6.07, 6.45) is -2.22. The van der Waals surface area contributed by atoms with E-state index in [1.54, 1.807) is 50.1 Å². The average molecular weight is 1840 g/mol. The lowest BCUT2D eigenvalue weighted by molar-refractivity contribution is -0.153. The zero-order valence-corrected chi connectivity index (χ0v) is 76.5. The summed E-state index contributed by atoms with van der Waals surface area (Å²) in [5.41, 5.74) is 10.3. The minimum atomic E-state index is -1.77. The number of aromatic nitrogens is 6. The predicted molar refractivity (Wildman–Crippen MR) is 498 cm³/mol. The molecule has 2 aliphatic carbocycles. The number of hydrogen-bond acceptors (Lipinski definition) is 25. The van der Waals surface area contributed by atoms with E-state index in [1.165, 1.54) is 35.0 Å². The molecule has 2 aliphatic heterocycles. The molecular formula is C100H108N13O20P. The first-order valence-electron chi connectivity index (χ1n) is 44.4. The van der Waals surface area contributed by atoms with E-state index in [2.05, 4.69) is 128 Å². The number of nitrogens with one attached hydrogen (secondary N) is 5. The van der Waals surface area contributed by atoms with Gasteiger partial charge in [-0.25, -0.2) is 24.0 Å². The number of amides is 5. The number of methoxy groups -OCH3 is 2. The summed E-state index contributed by atoms with van der Waals surface area (Å²) >= 11 is 0. The Hall–Kier alpha value is -13.7. The van der Waals surface area contributed by atoms with Crippen LogP contribution in [0.15, 0.2) is 228 Å². The van der Waals surface area contributed by atoms with Crippen molar-refractivity contribution in [2.75, 3.05) is 78.0 Å². The molecule has 34 heteroatoms. The molecule has 698 valence electrons. The first-order chi connectivity index (χ1) is 64.9. The fourth-order valence-corrected chi connectivity index (χ4v) is 18.8. The van der Waals surface area contributed by atoms with Crippen molar-refractivity contribution < 1.29 is 85.6 Å². The van der Waals surface area contributed by atoms with Crippen LogP contribution >= 0.6 is 8.53 Å². The Morgan fingerprint density at radius 2 is 1.18 bits per heavy atom. The van der Waals surface area contributed by atoms with Crippen LogP contribution < -0.4 is 42.0 Å². The maximum absolute atomic E-state index is 13.7. The minimum absolute atomic E-state index is 0.000352. The van der Waals surface area contributed by atoms with E-state index in [0.29, 0.717) is 23.5 Å². The van der Waals surface area contributed by atoms with Crippen LogP contribution in [0.25, 0.3) is 33.4 Å². The van der Waals surface area contributed by atoms with Crippen molar-refractivity contribution in [2.24, 2.45) is 0 Å². The second-order valence-electron chi connectivity index (χ2n) is 33.2. The second-order valence-corrected chi connectivity index (χ2v) is 34.6. The molecule has 0 saturated carbocycles.